The fourth-order valence-corrected chi connectivity index (χ4v) is 3.17. The highest BCUT2D eigenvalue weighted by molar-refractivity contribution is 5.53. The van der Waals surface area contributed by atoms with Crippen LogP contribution < -0.4 is 11.0 Å². The Morgan fingerprint density at radius 2 is 2.11 bits per heavy atom. The van der Waals surface area contributed by atoms with Gasteiger partial charge in [0, 0.05) is 37.0 Å². The van der Waals surface area contributed by atoms with Crippen LogP contribution in [-0.4, -0.2) is 26.5 Å². The van der Waals surface area contributed by atoms with Crippen LogP contribution in [0.2, 0.25) is 0 Å². The molecule has 0 saturated heterocycles. The lowest BCUT2D eigenvalue weighted by Gasteiger charge is -2.16. The quantitative estimate of drug-likeness (QED) is 0.490. The molecule has 0 bridgehead atoms. The third-order valence-electron chi connectivity index (χ3n) is 4.72. The summed E-state index contributed by atoms with van der Waals surface area (Å²) >= 11 is 0. The van der Waals surface area contributed by atoms with E-state index in [4.69, 9.17) is 0 Å². The van der Waals surface area contributed by atoms with Crippen molar-refractivity contribution in [2.24, 2.45) is 5.92 Å². The highest BCUT2D eigenvalue weighted by atomic mass is 16.1. The van der Waals surface area contributed by atoms with Gasteiger partial charge in [0.25, 0.3) is 0 Å². The Bertz CT molecular complexity index is 873. The fourth-order valence-electron chi connectivity index (χ4n) is 3.17. The molecule has 27 heavy (non-hydrogen) atoms. The van der Waals surface area contributed by atoms with Crippen molar-refractivity contribution < 1.29 is 0 Å². The average molecular weight is 365 g/mol. The molecule has 2 atom stereocenters. The molecule has 2 aromatic heterocycles. The molecule has 3 rings (SSSR count). The molecule has 0 fully saturated rings. The van der Waals surface area contributed by atoms with E-state index in [9.17, 15) is 4.79 Å². The van der Waals surface area contributed by atoms with Crippen molar-refractivity contribution in [2.75, 3.05) is 11.9 Å². The molecule has 1 aliphatic carbocycles. The molecule has 0 amide bonds. The van der Waals surface area contributed by atoms with Gasteiger partial charge in [-0.25, -0.2) is 14.8 Å². The van der Waals surface area contributed by atoms with Crippen molar-refractivity contribution in [1.82, 2.24) is 19.9 Å². The summed E-state index contributed by atoms with van der Waals surface area (Å²) < 4.78 is 0. The molecule has 142 valence electrons. The second-order valence-corrected chi connectivity index (χ2v) is 6.94. The van der Waals surface area contributed by atoms with Crippen molar-refractivity contribution in [1.29, 1.82) is 0 Å². The number of imidazole rings is 1. The summed E-state index contributed by atoms with van der Waals surface area (Å²) in [6, 6.07) is 0. The normalized spacial score (nSPS) is 17.5. The number of allylic oxidation sites excluding steroid dienone is 5. The van der Waals surface area contributed by atoms with Crippen LogP contribution in [0.15, 0.2) is 47.6 Å². The van der Waals surface area contributed by atoms with E-state index in [0.717, 1.165) is 42.8 Å². The van der Waals surface area contributed by atoms with Gasteiger partial charge in [-0.05, 0) is 37.3 Å². The number of aromatic nitrogens is 4. The Balaban J connectivity index is 1.46. The van der Waals surface area contributed by atoms with Crippen LogP contribution in [0.5, 0.6) is 0 Å². The average Bonchev–Trinajstić information content (AvgIpc) is 3.05. The van der Waals surface area contributed by atoms with E-state index < -0.39 is 0 Å². The van der Waals surface area contributed by atoms with Gasteiger partial charge < -0.3 is 15.3 Å². The first-order valence-electron chi connectivity index (χ1n) is 9.50. The van der Waals surface area contributed by atoms with Gasteiger partial charge in [0.15, 0.2) is 0 Å². The topological polar surface area (TPSA) is 86.5 Å². The molecule has 0 saturated carbocycles. The van der Waals surface area contributed by atoms with Gasteiger partial charge in [-0.2, -0.15) is 0 Å². The van der Waals surface area contributed by atoms with Crippen LogP contribution in [0.4, 0.5) is 5.95 Å². The number of anilines is 1. The maximum atomic E-state index is 11.4. The van der Waals surface area contributed by atoms with Crippen LogP contribution in [0, 0.1) is 5.92 Å². The first-order chi connectivity index (χ1) is 13.2. The maximum absolute atomic E-state index is 11.4. The van der Waals surface area contributed by atoms with E-state index in [1.807, 2.05) is 31.5 Å². The smallest absolute Gasteiger partial charge is 0.323 e. The minimum absolute atomic E-state index is 0.160. The van der Waals surface area contributed by atoms with Gasteiger partial charge in [0.05, 0.1) is 5.69 Å². The molecular formula is C21H27N5O. The Morgan fingerprint density at radius 3 is 2.89 bits per heavy atom. The van der Waals surface area contributed by atoms with Crippen LogP contribution in [0.25, 0.3) is 6.08 Å². The lowest BCUT2D eigenvalue weighted by Crippen LogP contribution is -2.09. The predicted octanol–water partition coefficient (Wildman–Crippen LogP) is 3.81. The lowest BCUT2D eigenvalue weighted by atomic mass is 9.91. The number of aromatic amines is 2. The molecule has 6 nitrogen and oxygen atoms in total. The van der Waals surface area contributed by atoms with E-state index >= 15 is 0 Å². The Hall–Kier alpha value is -2.89. The number of fused-ring (bicyclic) bond motifs is 1. The molecule has 0 radical (unpaired) electrons. The molecule has 1 aliphatic rings. The summed E-state index contributed by atoms with van der Waals surface area (Å²) in [5, 5.41) is 3.29. The first kappa shape index (κ1) is 18.9. The number of H-pyrrole nitrogens is 2. The van der Waals surface area contributed by atoms with E-state index in [1.54, 1.807) is 0 Å². The van der Waals surface area contributed by atoms with Crippen molar-refractivity contribution in [3.63, 3.8) is 0 Å². The van der Waals surface area contributed by atoms with Crippen LogP contribution >= 0.6 is 0 Å². The minimum Gasteiger partial charge on any atom is -0.354 e. The van der Waals surface area contributed by atoms with Gasteiger partial charge >= 0.3 is 5.69 Å². The van der Waals surface area contributed by atoms with Gasteiger partial charge in [-0.3, -0.25) is 0 Å². The van der Waals surface area contributed by atoms with Gasteiger partial charge in [0.1, 0.15) is 0 Å². The molecule has 1 unspecified atom stereocenters. The van der Waals surface area contributed by atoms with Crippen molar-refractivity contribution in [3.8, 4) is 0 Å². The van der Waals surface area contributed by atoms with E-state index in [2.05, 4.69) is 56.5 Å². The third kappa shape index (κ3) is 5.29. The summed E-state index contributed by atoms with van der Waals surface area (Å²) in [5.74, 6) is 1.41. The number of rotatable bonds is 8. The molecule has 3 N–H and O–H groups in total. The zero-order chi connectivity index (χ0) is 19.1. The van der Waals surface area contributed by atoms with E-state index in [0.29, 0.717) is 11.9 Å². The van der Waals surface area contributed by atoms with E-state index in [-0.39, 0.29) is 11.6 Å². The predicted molar refractivity (Wildman–Crippen MR) is 110 cm³/mol. The van der Waals surface area contributed by atoms with Crippen LogP contribution in [-0.2, 0) is 6.42 Å². The van der Waals surface area contributed by atoms with Crippen LogP contribution in [0.3, 0.4) is 0 Å². The molecule has 6 heteroatoms. The monoisotopic (exact) mass is 365 g/mol. The summed E-state index contributed by atoms with van der Waals surface area (Å²) in [7, 11) is 0. The molecule has 0 aromatic carbocycles. The lowest BCUT2D eigenvalue weighted by molar-refractivity contribution is 0.620. The number of nitrogens with zero attached hydrogens (tertiary/aromatic N) is 2. The summed E-state index contributed by atoms with van der Waals surface area (Å²) in [6.45, 7) is 5.11. The Labute approximate surface area is 159 Å². The third-order valence-corrected chi connectivity index (χ3v) is 4.72. The Morgan fingerprint density at radius 1 is 1.30 bits per heavy atom. The van der Waals surface area contributed by atoms with Crippen molar-refractivity contribution >= 4 is 12.0 Å². The second kappa shape index (κ2) is 9.16. The van der Waals surface area contributed by atoms with Gasteiger partial charge in [0.2, 0.25) is 5.95 Å². The van der Waals surface area contributed by atoms with Crippen molar-refractivity contribution in [3.05, 3.63) is 70.2 Å². The highest BCUT2D eigenvalue weighted by Gasteiger charge is 2.18. The van der Waals surface area contributed by atoms with Crippen LogP contribution in [0.1, 0.15) is 49.6 Å². The molecule has 2 aromatic rings. The molecule has 0 aliphatic heterocycles. The molecular weight excluding hydrogens is 338 g/mol. The number of nitrogens with one attached hydrogen (secondary N) is 3. The highest BCUT2D eigenvalue weighted by Crippen LogP contribution is 2.27. The van der Waals surface area contributed by atoms with E-state index in [1.165, 1.54) is 0 Å². The van der Waals surface area contributed by atoms with Crippen molar-refractivity contribution in [2.45, 2.75) is 39.0 Å². The maximum Gasteiger partial charge on any atom is 0.323 e. The zero-order valence-electron chi connectivity index (χ0n) is 15.9. The zero-order valence-corrected chi connectivity index (χ0v) is 15.9. The fraction of sp³-hybridized carbons (Fsp3) is 0.381. The van der Waals surface area contributed by atoms with Gasteiger partial charge in [-0.15, -0.1) is 0 Å². The Kier molecular flexibility index (Phi) is 6.41. The summed E-state index contributed by atoms with van der Waals surface area (Å²) in [6.07, 6.45) is 19.1. The number of hydrogen-bond acceptors (Lipinski definition) is 4. The summed E-state index contributed by atoms with van der Waals surface area (Å²) in [5.41, 5.74) is 2.69. The first-order valence-corrected chi connectivity index (χ1v) is 9.50. The standard InChI is InChI=1S/C21H27N5O/c1-3-4-5-7-15(2)8-6-11-22-20-23-13-17(14-24-20)16-9-10-18-19(12-16)26-21(27)25-18/h3-5,7,9-10,13-16H,6,8,11-12H2,1-2H3,(H,22,23,24)(H2,25,26,27)/b4-3-,7-5-/t15-,16?/m0/s1. The molecule has 2 heterocycles. The number of hydrogen-bond donors (Lipinski definition) is 3. The SMILES string of the molecule is C/C=C\C=C/[C@H](C)CCCNc1ncc(C2C=Cc3[nH]c(=O)[nH]c3C2)cn1. The summed E-state index contributed by atoms with van der Waals surface area (Å²) in [4.78, 5) is 25.9. The molecule has 0 spiro atoms. The second-order valence-electron chi connectivity index (χ2n) is 6.94. The minimum atomic E-state index is -0.160. The van der Waals surface area contributed by atoms with Gasteiger partial charge in [-0.1, -0.05) is 37.3 Å². The largest absolute Gasteiger partial charge is 0.354 e.